The van der Waals surface area contributed by atoms with Gasteiger partial charge in [-0.3, -0.25) is 4.79 Å². The minimum atomic E-state index is -0.654. The fraction of sp³-hybridized carbons (Fsp3) is 0.324. The Bertz CT molecular complexity index is 1630. The minimum absolute atomic E-state index is 0.0339. The Balaban J connectivity index is 1.30. The topological polar surface area (TPSA) is 124 Å². The van der Waals surface area contributed by atoms with Crippen LogP contribution < -0.4 is 10.6 Å². The van der Waals surface area contributed by atoms with Gasteiger partial charge in [0, 0.05) is 18.0 Å². The predicted octanol–water partition coefficient (Wildman–Crippen LogP) is 6.20. The molecule has 0 aliphatic carbocycles. The summed E-state index contributed by atoms with van der Waals surface area (Å²) in [4.78, 5) is 27.7. The molecule has 3 N–H and O–H groups in total. The van der Waals surface area contributed by atoms with E-state index in [9.17, 15) is 14.7 Å². The number of rotatable bonds is 11. The van der Waals surface area contributed by atoms with Gasteiger partial charge >= 0.3 is 12.0 Å². The van der Waals surface area contributed by atoms with Crippen molar-refractivity contribution in [3.63, 3.8) is 0 Å². The number of aromatic nitrogens is 2. The Morgan fingerprint density at radius 3 is 2.37 bits per heavy atom. The smallest absolute Gasteiger partial charge is 0.325 e. The van der Waals surface area contributed by atoms with Crippen LogP contribution in [0, 0.1) is 5.92 Å². The number of aliphatic hydroxyl groups excluding tert-OH is 1. The van der Waals surface area contributed by atoms with Gasteiger partial charge < -0.3 is 34.5 Å². The van der Waals surface area contributed by atoms with Crippen LogP contribution in [0.5, 0.6) is 0 Å². The number of hydrogen-bond donors (Lipinski definition) is 3. The first-order chi connectivity index (χ1) is 22.2. The SMILES string of the molecule is CCOC(=O)CNC(=O)NCc1cccc(-c2ccc([C@H]3O[C@@H](Cn4cnc(Cl)c4Cl)[C@@H](C)[C@@H](c4ccc(CO)cc4)O3)cc2)c1. The number of nitrogens with zero attached hydrogens (tertiary/aromatic N) is 2. The van der Waals surface area contributed by atoms with E-state index in [0.717, 1.165) is 33.4 Å². The summed E-state index contributed by atoms with van der Waals surface area (Å²) in [5.74, 6) is -0.534. The molecule has 4 aromatic rings. The summed E-state index contributed by atoms with van der Waals surface area (Å²) in [6, 6.07) is 23.1. The summed E-state index contributed by atoms with van der Waals surface area (Å²) in [5.41, 5.74) is 5.51. The summed E-state index contributed by atoms with van der Waals surface area (Å²) < 4.78 is 19.7. The van der Waals surface area contributed by atoms with Crippen molar-refractivity contribution in [3.8, 4) is 11.1 Å². The Morgan fingerprint density at radius 2 is 1.70 bits per heavy atom. The molecule has 2 amide bonds. The third kappa shape index (κ3) is 8.26. The van der Waals surface area contributed by atoms with Gasteiger partial charge in [-0.15, -0.1) is 0 Å². The largest absolute Gasteiger partial charge is 0.465 e. The van der Waals surface area contributed by atoms with Crippen LogP contribution in [0.25, 0.3) is 11.1 Å². The lowest BCUT2D eigenvalue weighted by atomic mass is 9.90. The molecule has 1 saturated heterocycles. The molecule has 10 nitrogen and oxygen atoms in total. The number of nitrogens with one attached hydrogen (secondary N) is 2. The molecule has 0 spiro atoms. The van der Waals surface area contributed by atoms with Gasteiger partial charge in [-0.1, -0.05) is 96.9 Å². The number of imidazole rings is 1. The van der Waals surface area contributed by atoms with Crippen LogP contribution in [0.3, 0.4) is 0 Å². The first kappa shape index (κ1) is 33.4. The number of hydrogen-bond acceptors (Lipinski definition) is 7. The molecule has 0 saturated carbocycles. The van der Waals surface area contributed by atoms with Crippen LogP contribution in [-0.4, -0.2) is 45.9 Å². The van der Waals surface area contributed by atoms with E-state index in [-0.39, 0.29) is 49.6 Å². The van der Waals surface area contributed by atoms with Crippen LogP contribution in [0.2, 0.25) is 10.3 Å². The molecule has 1 aliphatic rings. The van der Waals surface area contributed by atoms with Crippen molar-refractivity contribution in [1.82, 2.24) is 20.2 Å². The normalized spacial score (nSPS) is 19.4. The van der Waals surface area contributed by atoms with Crippen LogP contribution in [0.1, 0.15) is 48.5 Å². The van der Waals surface area contributed by atoms with Gasteiger partial charge in [-0.25, -0.2) is 9.78 Å². The molecule has 0 radical (unpaired) electrons. The van der Waals surface area contributed by atoms with Gasteiger partial charge in [0.15, 0.2) is 11.4 Å². The molecule has 12 heteroatoms. The summed E-state index contributed by atoms with van der Waals surface area (Å²) in [7, 11) is 0. The van der Waals surface area contributed by atoms with E-state index in [2.05, 4.69) is 22.5 Å². The molecule has 0 bridgehead atoms. The Labute approximate surface area is 277 Å². The molecule has 1 aromatic heterocycles. The van der Waals surface area contributed by atoms with Gasteiger partial charge in [0.2, 0.25) is 0 Å². The van der Waals surface area contributed by atoms with Crippen molar-refractivity contribution in [3.05, 3.63) is 112 Å². The van der Waals surface area contributed by atoms with Crippen molar-refractivity contribution in [2.75, 3.05) is 13.2 Å². The highest BCUT2D eigenvalue weighted by atomic mass is 35.5. The van der Waals surface area contributed by atoms with Crippen molar-refractivity contribution in [2.24, 2.45) is 5.92 Å². The van der Waals surface area contributed by atoms with Crippen molar-refractivity contribution >= 4 is 35.2 Å². The van der Waals surface area contributed by atoms with Crippen LogP contribution in [-0.2, 0) is 38.7 Å². The van der Waals surface area contributed by atoms with Crippen LogP contribution in [0.4, 0.5) is 4.79 Å². The Hall–Kier alpha value is -3.93. The third-order valence-electron chi connectivity index (χ3n) is 7.83. The molecule has 242 valence electrons. The summed E-state index contributed by atoms with van der Waals surface area (Å²) in [6.07, 6.45) is 0.388. The highest BCUT2D eigenvalue weighted by Gasteiger charge is 2.38. The number of urea groups is 1. The zero-order valence-corrected chi connectivity index (χ0v) is 27.0. The number of esters is 1. The zero-order valence-electron chi connectivity index (χ0n) is 25.5. The Morgan fingerprint density at radius 1 is 0.957 bits per heavy atom. The average Bonchev–Trinajstić information content (AvgIpc) is 3.40. The van der Waals surface area contributed by atoms with E-state index in [1.165, 1.54) is 0 Å². The van der Waals surface area contributed by atoms with Crippen LogP contribution >= 0.6 is 23.2 Å². The molecule has 3 aromatic carbocycles. The number of halogens is 2. The molecule has 0 unspecified atom stereocenters. The zero-order chi connectivity index (χ0) is 32.6. The molecule has 46 heavy (non-hydrogen) atoms. The molecule has 4 atom stereocenters. The maximum absolute atomic E-state index is 12.1. The van der Waals surface area contributed by atoms with E-state index in [1.807, 2.05) is 72.8 Å². The number of benzene rings is 3. The highest BCUT2D eigenvalue weighted by molar-refractivity contribution is 6.40. The molecular formula is C34H36Cl2N4O6. The fourth-order valence-corrected chi connectivity index (χ4v) is 5.61. The number of ether oxygens (including phenoxy) is 3. The first-order valence-corrected chi connectivity index (χ1v) is 15.7. The highest BCUT2D eigenvalue weighted by Crippen LogP contribution is 2.42. The van der Waals surface area contributed by atoms with E-state index >= 15 is 0 Å². The lowest BCUT2D eigenvalue weighted by Crippen LogP contribution is -2.39. The van der Waals surface area contributed by atoms with E-state index in [0.29, 0.717) is 11.7 Å². The first-order valence-electron chi connectivity index (χ1n) is 15.0. The lowest BCUT2D eigenvalue weighted by Gasteiger charge is -2.41. The van der Waals surface area contributed by atoms with E-state index in [4.69, 9.17) is 37.4 Å². The standard InChI is InChI=1S/C34H36Cl2N4O6/c1-3-44-29(42)17-38-34(43)37-16-23-5-4-6-27(15-23)24-11-13-26(14-12-24)33-45-28(18-40-20-39-31(35)32(40)36)21(2)30(46-33)25-9-7-22(19-41)8-10-25/h4-15,20-21,28,30,33,41H,3,16-19H2,1-2H3,(H2,37,38,43)/t21-,28+,30+,33+/m1/s1. The summed E-state index contributed by atoms with van der Waals surface area (Å²) in [5, 5.41) is 15.4. The van der Waals surface area contributed by atoms with E-state index < -0.39 is 18.3 Å². The number of carbonyl (C=O) groups is 2. The van der Waals surface area contributed by atoms with Gasteiger partial charge in [-0.05, 0) is 40.8 Å². The number of aliphatic hydroxyl groups is 1. The minimum Gasteiger partial charge on any atom is -0.465 e. The van der Waals surface area contributed by atoms with Crippen molar-refractivity contribution in [1.29, 1.82) is 0 Å². The van der Waals surface area contributed by atoms with Gasteiger partial charge in [-0.2, -0.15) is 0 Å². The number of carbonyl (C=O) groups excluding carboxylic acids is 2. The number of amides is 2. The van der Waals surface area contributed by atoms with Gasteiger partial charge in [0.1, 0.15) is 11.7 Å². The second-order valence-corrected chi connectivity index (χ2v) is 11.7. The van der Waals surface area contributed by atoms with Crippen LogP contribution in [0.15, 0.2) is 79.1 Å². The van der Waals surface area contributed by atoms with Gasteiger partial charge in [0.05, 0.1) is 38.3 Å². The second-order valence-electron chi connectivity index (χ2n) is 11.0. The molecular weight excluding hydrogens is 631 g/mol. The molecule has 5 rings (SSSR count). The van der Waals surface area contributed by atoms with Crippen molar-refractivity contribution < 1.29 is 28.9 Å². The summed E-state index contributed by atoms with van der Waals surface area (Å²) in [6.45, 7) is 4.54. The Kier molecular flexibility index (Phi) is 11.3. The monoisotopic (exact) mass is 666 g/mol. The quantitative estimate of drug-likeness (QED) is 0.163. The maximum Gasteiger partial charge on any atom is 0.325 e. The van der Waals surface area contributed by atoms with E-state index in [1.54, 1.807) is 17.8 Å². The lowest BCUT2D eigenvalue weighted by molar-refractivity contribution is -0.276. The molecule has 2 heterocycles. The predicted molar refractivity (Wildman–Crippen MR) is 174 cm³/mol. The summed E-state index contributed by atoms with van der Waals surface area (Å²) >= 11 is 12.5. The molecule has 1 aliphatic heterocycles. The average molecular weight is 668 g/mol. The maximum atomic E-state index is 12.1. The van der Waals surface area contributed by atoms with Gasteiger partial charge in [0.25, 0.3) is 0 Å². The molecule has 1 fully saturated rings. The second kappa shape index (κ2) is 15.6. The van der Waals surface area contributed by atoms with Crippen molar-refractivity contribution in [2.45, 2.75) is 52.0 Å². The third-order valence-corrected chi connectivity index (χ3v) is 8.60. The fourth-order valence-electron chi connectivity index (χ4n) is 5.29.